The van der Waals surface area contributed by atoms with Crippen molar-refractivity contribution in [1.29, 1.82) is 0 Å². The third-order valence-electron chi connectivity index (χ3n) is 2.60. The van der Waals surface area contributed by atoms with Gasteiger partial charge in [0, 0.05) is 17.8 Å². The minimum absolute atomic E-state index is 0.243. The second kappa shape index (κ2) is 6.06. The van der Waals surface area contributed by atoms with Crippen molar-refractivity contribution in [3.05, 3.63) is 63.6 Å². The number of hydrogen-bond donors (Lipinski definition) is 2. The number of benzene rings is 2. The van der Waals surface area contributed by atoms with Crippen molar-refractivity contribution in [2.45, 2.75) is 6.54 Å². The summed E-state index contributed by atoms with van der Waals surface area (Å²) in [6, 6.07) is 12.1. The molecule has 0 unspecified atom stereocenters. The number of halogens is 2. The first-order chi connectivity index (χ1) is 9.10. The summed E-state index contributed by atoms with van der Waals surface area (Å²) in [6.45, 7) is 0.427. The minimum Gasteiger partial charge on any atom is -0.326 e. The highest BCUT2D eigenvalue weighted by atomic mass is 35.5. The summed E-state index contributed by atoms with van der Waals surface area (Å²) in [7, 11) is 0. The van der Waals surface area contributed by atoms with Crippen LogP contribution >= 0.6 is 23.2 Å². The molecule has 0 radical (unpaired) electrons. The zero-order valence-electron chi connectivity index (χ0n) is 9.99. The zero-order chi connectivity index (χ0) is 13.8. The highest BCUT2D eigenvalue weighted by Crippen LogP contribution is 2.23. The van der Waals surface area contributed by atoms with Gasteiger partial charge in [0.2, 0.25) is 0 Å². The number of nitrogens with one attached hydrogen (secondary N) is 1. The average molecular weight is 295 g/mol. The monoisotopic (exact) mass is 294 g/mol. The molecular weight excluding hydrogens is 283 g/mol. The van der Waals surface area contributed by atoms with Crippen LogP contribution in [0.4, 0.5) is 5.69 Å². The van der Waals surface area contributed by atoms with Crippen molar-refractivity contribution in [3.63, 3.8) is 0 Å². The molecule has 0 aliphatic rings. The first-order valence-electron chi connectivity index (χ1n) is 5.65. The van der Waals surface area contributed by atoms with Gasteiger partial charge in [-0.05, 0) is 35.9 Å². The third kappa shape index (κ3) is 3.47. The molecule has 3 N–H and O–H groups in total. The number of amides is 1. The van der Waals surface area contributed by atoms with E-state index in [-0.39, 0.29) is 5.91 Å². The smallest absolute Gasteiger partial charge is 0.255 e. The van der Waals surface area contributed by atoms with Gasteiger partial charge >= 0.3 is 0 Å². The van der Waals surface area contributed by atoms with Crippen LogP contribution in [0.1, 0.15) is 15.9 Å². The van der Waals surface area contributed by atoms with Gasteiger partial charge in [0.05, 0.1) is 10.0 Å². The van der Waals surface area contributed by atoms with Crippen LogP contribution in [0.5, 0.6) is 0 Å². The lowest BCUT2D eigenvalue weighted by Crippen LogP contribution is -2.12. The molecule has 2 aromatic rings. The first kappa shape index (κ1) is 13.9. The Morgan fingerprint density at radius 1 is 1.11 bits per heavy atom. The van der Waals surface area contributed by atoms with Crippen LogP contribution in [0.3, 0.4) is 0 Å². The van der Waals surface area contributed by atoms with Crippen LogP contribution in [-0.4, -0.2) is 5.91 Å². The topological polar surface area (TPSA) is 55.1 Å². The van der Waals surface area contributed by atoms with Gasteiger partial charge in [-0.25, -0.2) is 0 Å². The second-order valence-corrected chi connectivity index (χ2v) is 4.80. The van der Waals surface area contributed by atoms with Gasteiger partial charge < -0.3 is 11.1 Å². The van der Waals surface area contributed by atoms with E-state index < -0.39 is 0 Å². The van der Waals surface area contributed by atoms with Gasteiger partial charge in [-0.3, -0.25) is 4.79 Å². The molecule has 0 fully saturated rings. The Balaban J connectivity index is 2.18. The lowest BCUT2D eigenvalue weighted by Gasteiger charge is -2.07. The molecule has 2 aromatic carbocycles. The molecule has 0 saturated carbocycles. The summed E-state index contributed by atoms with van der Waals surface area (Å²) < 4.78 is 0. The van der Waals surface area contributed by atoms with Crippen molar-refractivity contribution in [3.8, 4) is 0 Å². The molecule has 3 nitrogen and oxygen atoms in total. The highest BCUT2D eigenvalue weighted by molar-refractivity contribution is 6.42. The van der Waals surface area contributed by atoms with E-state index >= 15 is 0 Å². The molecule has 98 valence electrons. The predicted octanol–water partition coefficient (Wildman–Crippen LogP) is 3.70. The van der Waals surface area contributed by atoms with Crippen molar-refractivity contribution in [2.24, 2.45) is 5.73 Å². The third-order valence-corrected chi connectivity index (χ3v) is 3.34. The Morgan fingerprint density at radius 3 is 2.58 bits per heavy atom. The maximum atomic E-state index is 12.0. The molecule has 19 heavy (non-hydrogen) atoms. The molecule has 0 heterocycles. The molecule has 0 aliphatic carbocycles. The Labute approximate surface area is 121 Å². The van der Waals surface area contributed by atoms with Crippen LogP contribution in [0.15, 0.2) is 42.5 Å². The highest BCUT2D eigenvalue weighted by Gasteiger charge is 2.08. The van der Waals surface area contributed by atoms with E-state index in [1.165, 1.54) is 6.07 Å². The van der Waals surface area contributed by atoms with Crippen molar-refractivity contribution in [1.82, 2.24) is 0 Å². The lowest BCUT2D eigenvalue weighted by molar-refractivity contribution is 0.102. The molecule has 5 heteroatoms. The van der Waals surface area contributed by atoms with Crippen molar-refractivity contribution >= 4 is 34.8 Å². The minimum atomic E-state index is -0.243. The largest absolute Gasteiger partial charge is 0.326 e. The van der Waals surface area contributed by atoms with Gasteiger partial charge in [-0.15, -0.1) is 0 Å². The van der Waals surface area contributed by atoms with E-state index in [9.17, 15) is 4.79 Å². The second-order valence-electron chi connectivity index (χ2n) is 3.99. The van der Waals surface area contributed by atoms with E-state index in [1.807, 2.05) is 18.2 Å². The van der Waals surface area contributed by atoms with Gasteiger partial charge in [0.1, 0.15) is 0 Å². The fourth-order valence-electron chi connectivity index (χ4n) is 1.62. The number of anilines is 1. The van der Waals surface area contributed by atoms with Crippen LogP contribution in [0, 0.1) is 0 Å². The van der Waals surface area contributed by atoms with E-state index in [2.05, 4.69) is 5.32 Å². The number of hydrogen-bond acceptors (Lipinski definition) is 2. The van der Waals surface area contributed by atoms with E-state index in [0.717, 1.165) is 5.56 Å². The lowest BCUT2D eigenvalue weighted by atomic mass is 10.1. The number of nitrogens with two attached hydrogens (primary N) is 1. The van der Waals surface area contributed by atoms with E-state index in [1.54, 1.807) is 18.2 Å². The fourth-order valence-corrected chi connectivity index (χ4v) is 1.91. The number of carbonyl (C=O) groups is 1. The first-order valence-corrected chi connectivity index (χ1v) is 6.41. The summed E-state index contributed by atoms with van der Waals surface area (Å²) in [6.07, 6.45) is 0. The zero-order valence-corrected chi connectivity index (χ0v) is 11.5. The van der Waals surface area contributed by atoms with Gasteiger partial charge in [0.15, 0.2) is 0 Å². The summed E-state index contributed by atoms with van der Waals surface area (Å²) in [5, 5.41) is 3.56. The van der Waals surface area contributed by atoms with E-state index in [0.29, 0.717) is 27.8 Å². The molecule has 0 spiro atoms. The van der Waals surface area contributed by atoms with Gasteiger partial charge in [-0.2, -0.15) is 0 Å². The average Bonchev–Trinajstić information content (AvgIpc) is 2.42. The van der Waals surface area contributed by atoms with Gasteiger partial charge in [-0.1, -0.05) is 35.3 Å². The molecule has 0 bridgehead atoms. The van der Waals surface area contributed by atoms with Crippen LogP contribution < -0.4 is 11.1 Å². The Kier molecular flexibility index (Phi) is 4.43. The van der Waals surface area contributed by atoms with Gasteiger partial charge in [0.25, 0.3) is 5.91 Å². The molecule has 0 aliphatic heterocycles. The maximum Gasteiger partial charge on any atom is 0.255 e. The maximum absolute atomic E-state index is 12.0. The van der Waals surface area contributed by atoms with Crippen LogP contribution in [-0.2, 0) is 6.54 Å². The number of carbonyl (C=O) groups excluding carboxylic acids is 1. The Bertz CT molecular complexity index is 614. The molecule has 2 rings (SSSR count). The number of rotatable bonds is 3. The Hall–Kier alpha value is -1.55. The quantitative estimate of drug-likeness (QED) is 0.907. The van der Waals surface area contributed by atoms with Crippen molar-refractivity contribution in [2.75, 3.05) is 5.32 Å². The summed E-state index contributed by atoms with van der Waals surface area (Å²) in [4.78, 5) is 12.0. The molecule has 0 saturated heterocycles. The van der Waals surface area contributed by atoms with E-state index in [4.69, 9.17) is 28.9 Å². The SMILES string of the molecule is NCc1cccc(NC(=O)c2ccc(Cl)c(Cl)c2)c1. The summed E-state index contributed by atoms with van der Waals surface area (Å²) >= 11 is 11.7. The summed E-state index contributed by atoms with van der Waals surface area (Å²) in [5.41, 5.74) is 7.65. The van der Waals surface area contributed by atoms with Crippen LogP contribution in [0.2, 0.25) is 10.0 Å². The van der Waals surface area contributed by atoms with Crippen LogP contribution in [0.25, 0.3) is 0 Å². The standard InChI is InChI=1S/C14H12Cl2N2O/c15-12-5-4-10(7-13(12)16)14(19)18-11-3-1-2-9(6-11)8-17/h1-7H,8,17H2,(H,18,19). The normalized spacial score (nSPS) is 10.3. The fraction of sp³-hybridized carbons (Fsp3) is 0.0714. The Morgan fingerprint density at radius 2 is 1.89 bits per heavy atom. The summed E-state index contributed by atoms with van der Waals surface area (Å²) in [5.74, 6) is -0.243. The van der Waals surface area contributed by atoms with Crippen molar-refractivity contribution < 1.29 is 4.79 Å². The molecular formula is C14H12Cl2N2O. The molecule has 0 aromatic heterocycles. The molecule has 0 atom stereocenters. The predicted molar refractivity (Wildman–Crippen MR) is 78.7 cm³/mol. The molecule has 1 amide bonds.